The molecule has 0 spiro atoms. The summed E-state index contributed by atoms with van der Waals surface area (Å²) in [5.41, 5.74) is 2.69. The van der Waals surface area contributed by atoms with E-state index in [0.29, 0.717) is 11.3 Å². The first-order valence-electron chi connectivity index (χ1n) is 10.4. The molecule has 33 heavy (non-hydrogen) atoms. The van der Waals surface area contributed by atoms with Gasteiger partial charge < -0.3 is 10.3 Å². The van der Waals surface area contributed by atoms with E-state index < -0.39 is 24.2 Å². The molecule has 0 aliphatic carbocycles. The molecule has 2 aromatic carbocycles. The van der Waals surface area contributed by atoms with Gasteiger partial charge in [0, 0.05) is 29.6 Å². The van der Waals surface area contributed by atoms with Gasteiger partial charge in [-0.1, -0.05) is 30.3 Å². The van der Waals surface area contributed by atoms with Crippen molar-refractivity contribution in [3.63, 3.8) is 0 Å². The number of nitrogens with one attached hydrogen (secondary N) is 3. The van der Waals surface area contributed by atoms with Crippen LogP contribution in [-0.4, -0.2) is 52.7 Å². The molecule has 0 unspecified atom stereocenters. The van der Waals surface area contributed by atoms with Crippen molar-refractivity contribution in [1.29, 1.82) is 0 Å². The Kier molecular flexibility index (Phi) is 6.13. The highest BCUT2D eigenvalue weighted by molar-refractivity contribution is 5.98. The molecule has 7 nitrogen and oxygen atoms in total. The molecule has 1 aliphatic rings. The average Bonchev–Trinajstić information content (AvgIpc) is 3.24. The fraction of sp³-hybridized carbons (Fsp3) is 0.304. The van der Waals surface area contributed by atoms with Gasteiger partial charge in [0.1, 0.15) is 5.69 Å². The summed E-state index contributed by atoms with van der Waals surface area (Å²) in [6, 6.07) is 15.5. The van der Waals surface area contributed by atoms with Gasteiger partial charge in [0.2, 0.25) is 0 Å². The number of halogens is 3. The Hall–Kier alpha value is -3.37. The zero-order valence-corrected chi connectivity index (χ0v) is 17.6. The molecule has 3 aromatic rings. The molecule has 1 saturated heterocycles. The minimum Gasteiger partial charge on any atom is -0.351 e. The monoisotopic (exact) mass is 460 g/mol. The average molecular weight is 460 g/mol. The van der Waals surface area contributed by atoms with Gasteiger partial charge in [-0.05, 0) is 42.7 Å². The standard InChI is InChI=1S/C23H23F3N4O3/c24-23(25,26)14-30-11-9-22(10-12-30,17-7-5-15(6-8-17)20(31)29-33)28-21(32)19-13-16-3-1-2-4-18(16)27-19/h1-8,13,27,33H,9-12,14H2,(H,28,32)(H,29,31). The molecular weight excluding hydrogens is 437 g/mol. The summed E-state index contributed by atoms with van der Waals surface area (Å²) < 4.78 is 38.6. The number of aromatic nitrogens is 1. The zero-order chi connectivity index (χ0) is 23.6. The van der Waals surface area contributed by atoms with Crippen LogP contribution >= 0.6 is 0 Å². The largest absolute Gasteiger partial charge is 0.401 e. The first-order valence-corrected chi connectivity index (χ1v) is 10.4. The molecule has 0 radical (unpaired) electrons. The molecule has 1 aliphatic heterocycles. The van der Waals surface area contributed by atoms with E-state index in [2.05, 4.69) is 10.3 Å². The maximum absolute atomic E-state index is 13.2. The molecule has 10 heteroatoms. The molecule has 0 atom stereocenters. The number of para-hydroxylation sites is 1. The summed E-state index contributed by atoms with van der Waals surface area (Å²) in [5.74, 6) is -1.05. The number of hydrogen-bond acceptors (Lipinski definition) is 4. The lowest BCUT2D eigenvalue weighted by molar-refractivity contribution is -0.149. The lowest BCUT2D eigenvalue weighted by Gasteiger charge is -2.43. The number of rotatable bonds is 5. The number of benzene rings is 2. The van der Waals surface area contributed by atoms with E-state index >= 15 is 0 Å². The summed E-state index contributed by atoms with van der Waals surface area (Å²) >= 11 is 0. The van der Waals surface area contributed by atoms with Crippen LogP contribution in [0.1, 0.15) is 39.3 Å². The van der Waals surface area contributed by atoms with Gasteiger partial charge in [0.05, 0.1) is 12.1 Å². The Morgan fingerprint density at radius 3 is 2.30 bits per heavy atom. The number of piperidine rings is 1. The molecule has 174 valence electrons. The Morgan fingerprint density at radius 2 is 1.70 bits per heavy atom. The zero-order valence-electron chi connectivity index (χ0n) is 17.6. The topological polar surface area (TPSA) is 97.5 Å². The predicted octanol–water partition coefficient (Wildman–Crippen LogP) is 3.57. The summed E-state index contributed by atoms with van der Waals surface area (Å²) in [5, 5.41) is 12.7. The van der Waals surface area contributed by atoms with Gasteiger partial charge in [-0.15, -0.1) is 0 Å². The van der Waals surface area contributed by atoms with E-state index in [-0.39, 0.29) is 37.4 Å². The van der Waals surface area contributed by atoms with Crippen LogP contribution in [0.25, 0.3) is 10.9 Å². The summed E-state index contributed by atoms with van der Waals surface area (Å²) in [7, 11) is 0. The van der Waals surface area contributed by atoms with E-state index in [1.54, 1.807) is 23.7 Å². The molecule has 0 saturated carbocycles. The minimum atomic E-state index is -4.30. The number of likely N-dealkylation sites (tertiary alicyclic amines) is 1. The summed E-state index contributed by atoms with van der Waals surface area (Å²) in [4.78, 5) is 29.2. The number of H-pyrrole nitrogens is 1. The molecule has 1 aromatic heterocycles. The highest BCUT2D eigenvalue weighted by Gasteiger charge is 2.41. The molecular formula is C23H23F3N4O3. The number of fused-ring (bicyclic) bond motifs is 1. The third-order valence-electron chi connectivity index (χ3n) is 6.04. The highest BCUT2D eigenvalue weighted by atomic mass is 19.4. The fourth-order valence-electron chi connectivity index (χ4n) is 4.32. The molecule has 4 N–H and O–H groups in total. The van der Waals surface area contributed by atoms with E-state index in [9.17, 15) is 22.8 Å². The molecule has 4 rings (SSSR count). The van der Waals surface area contributed by atoms with Gasteiger partial charge in [-0.25, -0.2) is 5.48 Å². The quantitative estimate of drug-likeness (QED) is 0.346. The summed E-state index contributed by atoms with van der Waals surface area (Å²) in [6.07, 6.45) is -3.77. The number of hydrogen-bond donors (Lipinski definition) is 4. The van der Waals surface area contributed by atoms with Crippen molar-refractivity contribution in [3.8, 4) is 0 Å². The Bertz CT molecular complexity index is 1120. The van der Waals surface area contributed by atoms with Crippen molar-refractivity contribution in [2.45, 2.75) is 24.6 Å². The van der Waals surface area contributed by atoms with E-state index in [1.165, 1.54) is 17.0 Å². The maximum atomic E-state index is 13.2. The first kappa shape index (κ1) is 22.8. The summed E-state index contributed by atoms with van der Waals surface area (Å²) in [6.45, 7) is -0.717. The number of alkyl halides is 3. The van der Waals surface area contributed by atoms with E-state index in [1.807, 2.05) is 24.3 Å². The van der Waals surface area contributed by atoms with E-state index in [0.717, 1.165) is 10.9 Å². The van der Waals surface area contributed by atoms with Gasteiger partial charge in [-0.3, -0.25) is 19.7 Å². The van der Waals surface area contributed by atoms with Crippen molar-refractivity contribution in [2.75, 3.05) is 19.6 Å². The normalized spacial score (nSPS) is 16.5. The Labute approximate surface area is 187 Å². The van der Waals surface area contributed by atoms with Crippen LogP contribution in [0.3, 0.4) is 0 Å². The number of hydroxylamine groups is 1. The van der Waals surface area contributed by atoms with Crippen molar-refractivity contribution in [3.05, 3.63) is 71.4 Å². The maximum Gasteiger partial charge on any atom is 0.401 e. The third kappa shape index (κ3) is 5.01. The first-order chi connectivity index (χ1) is 15.7. The Morgan fingerprint density at radius 1 is 1.03 bits per heavy atom. The van der Waals surface area contributed by atoms with Crippen molar-refractivity contribution in [1.82, 2.24) is 20.7 Å². The van der Waals surface area contributed by atoms with Gasteiger partial charge >= 0.3 is 6.18 Å². The fourth-order valence-corrected chi connectivity index (χ4v) is 4.32. The van der Waals surface area contributed by atoms with Crippen LogP contribution in [-0.2, 0) is 5.54 Å². The Balaban J connectivity index is 1.61. The number of aromatic amines is 1. The second-order valence-electron chi connectivity index (χ2n) is 8.22. The van der Waals surface area contributed by atoms with Crippen molar-refractivity contribution in [2.24, 2.45) is 0 Å². The number of carbonyl (C=O) groups is 2. The van der Waals surface area contributed by atoms with Crippen molar-refractivity contribution >= 4 is 22.7 Å². The number of amides is 2. The van der Waals surface area contributed by atoms with Crippen LogP contribution in [0.5, 0.6) is 0 Å². The minimum absolute atomic E-state index is 0.144. The molecule has 0 bridgehead atoms. The van der Waals surface area contributed by atoms with Crippen LogP contribution in [0, 0.1) is 0 Å². The van der Waals surface area contributed by atoms with Crippen LogP contribution < -0.4 is 10.8 Å². The third-order valence-corrected chi connectivity index (χ3v) is 6.04. The number of carbonyl (C=O) groups excluding carboxylic acids is 2. The smallest absolute Gasteiger partial charge is 0.351 e. The van der Waals surface area contributed by atoms with Crippen LogP contribution in [0.2, 0.25) is 0 Å². The second-order valence-corrected chi connectivity index (χ2v) is 8.22. The van der Waals surface area contributed by atoms with Gasteiger partial charge in [0.25, 0.3) is 11.8 Å². The molecule has 2 heterocycles. The lowest BCUT2D eigenvalue weighted by atomic mass is 9.80. The van der Waals surface area contributed by atoms with Gasteiger partial charge in [0.15, 0.2) is 0 Å². The van der Waals surface area contributed by atoms with Crippen LogP contribution in [0.4, 0.5) is 13.2 Å². The van der Waals surface area contributed by atoms with Crippen LogP contribution in [0.15, 0.2) is 54.6 Å². The molecule has 1 fully saturated rings. The predicted molar refractivity (Wildman–Crippen MR) is 115 cm³/mol. The van der Waals surface area contributed by atoms with Gasteiger partial charge in [-0.2, -0.15) is 13.2 Å². The molecule has 2 amide bonds. The second kappa shape index (κ2) is 8.87. The SMILES string of the molecule is O=C(NO)c1ccc(C2(NC(=O)c3cc4ccccc4[nH]3)CCN(CC(F)(F)F)CC2)cc1. The van der Waals surface area contributed by atoms with E-state index in [4.69, 9.17) is 5.21 Å². The lowest BCUT2D eigenvalue weighted by Crippen LogP contribution is -2.54. The highest BCUT2D eigenvalue weighted by Crippen LogP contribution is 2.35. The van der Waals surface area contributed by atoms with Crippen molar-refractivity contribution < 1.29 is 28.0 Å². The number of nitrogens with zero attached hydrogens (tertiary/aromatic N) is 1.